The Morgan fingerprint density at radius 3 is 2.35 bits per heavy atom. The van der Waals surface area contributed by atoms with E-state index in [0.29, 0.717) is 17.9 Å². The first kappa shape index (κ1) is 12.4. The summed E-state index contributed by atoms with van der Waals surface area (Å²) in [6, 6.07) is 7.93. The number of methoxy groups -OCH3 is 1. The first-order valence-electron chi connectivity index (χ1n) is 6.26. The number of benzene rings is 1. The molecule has 17 heavy (non-hydrogen) atoms. The fourth-order valence-corrected chi connectivity index (χ4v) is 2.46. The molecule has 1 aliphatic rings. The highest BCUT2D eigenvalue weighted by Crippen LogP contribution is 2.25. The van der Waals surface area contributed by atoms with Crippen LogP contribution in [-0.4, -0.2) is 36.3 Å². The molecule has 0 saturated carbocycles. The van der Waals surface area contributed by atoms with Gasteiger partial charge in [0.1, 0.15) is 5.75 Å². The molecular formula is C14H21NO2. The number of hydrogen-bond donors (Lipinski definition) is 1. The minimum absolute atomic E-state index is 0.332. The van der Waals surface area contributed by atoms with E-state index in [2.05, 4.69) is 11.8 Å². The molecule has 0 bridgehead atoms. The van der Waals surface area contributed by atoms with Crippen LogP contribution in [0.5, 0.6) is 5.75 Å². The lowest BCUT2D eigenvalue weighted by Gasteiger charge is -2.35. The molecule has 1 fully saturated rings. The van der Waals surface area contributed by atoms with Crippen LogP contribution in [-0.2, 0) is 4.74 Å². The Morgan fingerprint density at radius 2 is 1.82 bits per heavy atom. The van der Waals surface area contributed by atoms with Crippen molar-refractivity contribution in [1.29, 1.82) is 0 Å². The van der Waals surface area contributed by atoms with E-state index < -0.39 is 0 Å². The molecule has 1 aliphatic heterocycles. The van der Waals surface area contributed by atoms with Crippen LogP contribution in [0.15, 0.2) is 24.3 Å². The van der Waals surface area contributed by atoms with Gasteiger partial charge in [0.05, 0.1) is 6.10 Å². The van der Waals surface area contributed by atoms with Crippen molar-refractivity contribution >= 4 is 0 Å². The maximum atomic E-state index is 9.29. The quantitative estimate of drug-likeness (QED) is 0.874. The van der Waals surface area contributed by atoms with Crippen LogP contribution in [0.4, 0.5) is 0 Å². The van der Waals surface area contributed by atoms with E-state index in [4.69, 9.17) is 4.74 Å². The third kappa shape index (κ3) is 2.99. The zero-order valence-electron chi connectivity index (χ0n) is 10.6. The second kappa shape index (κ2) is 5.52. The summed E-state index contributed by atoms with van der Waals surface area (Å²) >= 11 is 0. The van der Waals surface area contributed by atoms with Crippen LogP contribution in [0.3, 0.4) is 0 Å². The zero-order valence-corrected chi connectivity index (χ0v) is 10.6. The van der Waals surface area contributed by atoms with Gasteiger partial charge in [0.25, 0.3) is 0 Å². The summed E-state index contributed by atoms with van der Waals surface area (Å²) < 4.78 is 5.38. The van der Waals surface area contributed by atoms with E-state index in [1.54, 1.807) is 19.2 Å². The molecule has 0 aromatic heterocycles. The van der Waals surface area contributed by atoms with Gasteiger partial charge in [-0.05, 0) is 37.5 Å². The number of aromatic hydroxyl groups is 1. The fourth-order valence-electron chi connectivity index (χ4n) is 2.46. The second-order valence-corrected chi connectivity index (χ2v) is 4.74. The van der Waals surface area contributed by atoms with Crippen molar-refractivity contribution in [2.75, 3.05) is 20.2 Å². The van der Waals surface area contributed by atoms with E-state index in [1.807, 2.05) is 12.1 Å². The van der Waals surface area contributed by atoms with Crippen molar-refractivity contribution < 1.29 is 9.84 Å². The summed E-state index contributed by atoms with van der Waals surface area (Å²) in [6.07, 6.45) is 2.65. The van der Waals surface area contributed by atoms with Gasteiger partial charge in [-0.1, -0.05) is 12.1 Å². The Hall–Kier alpha value is -1.06. The number of piperidine rings is 1. The van der Waals surface area contributed by atoms with E-state index in [-0.39, 0.29) is 0 Å². The van der Waals surface area contributed by atoms with Gasteiger partial charge in [0.2, 0.25) is 0 Å². The average Bonchev–Trinajstić information content (AvgIpc) is 2.39. The molecule has 94 valence electrons. The third-order valence-corrected chi connectivity index (χ3v) is 3.73. The van der Waals surface area contributed by atoms with Gasteiger partial charge in [0.15, 0.2) is 0 Å². The fraction of sp³-hybridized carbons (Fsp3) is 0.571. The van der Waals surface area contributed by atoms with Crippen molar-refractivity contribution in [3.05, 3.63) is 29.8 Å². The molecular weight excluding hydrogens is 214 g/mol. The smallest absolute Gasteiger partial charge is 0.115 e. The van der Waals surface area contributed by atoms with Gasteiger partial charge in [-0.2, -0.15) is 0 Å². The third-order valence-electron chi connectivity index (χ3n) is 3.73. The number of rotatable bonds is 3. The van der Waals surface area contributed by atoms with Gasteiger partial charge >= 0.3 is 0 Å². The summed E-state index contributed by atoms with van der Waals surface area (Å²) in [5.74, 6) is 0.332. The summed E-state index contributed by atoms with van der Waals surface area (Å²) in [5.41, 5.74) is 1.26. The minimum Gasteiger partial charge on any atom is -0.508 e. The Kier molecular flexibility index (Phi) is 4.02. The number of ether oxygens (including phenoxy) is 1. The molecule has 1 aromatic rings. The summed E-state index contributed by atoms with van der Waals surface area (Å²) in [4.78, 5) is 2.47. The van der Waals surface area contributed by atoms with Crippen LogP contribution in [0.2, 0.25) is 0 Å². The van der Waals surface area contributed by atoms with E-state index >= 15 is 0 Å². The molecule has 1 N–H and O–H groups in total. The molecule has 1 heterocycles. The van der Waals surface area contributed by atoms with E-state index in [1.165, 1.54) is 5.56 Å². The molecule has 1 saturated heterocycles. The van der Waals surface area contributed by atoms with Gasteiger partial charge in [-0.15, -0.1) is 0 Å². The maximum absolute atomic E-state index is 9.29. The number of phenolic OH excluding ortho intramolecular Hbond substituents is 1. The predicted molar refractivity (Wildman–Crippen MR) is 68.1 cm³/mol. The van der Waals surface area contributed by atoms with Crippen molar-refractivity contribution in [3.8, 4) is 5.75 Å². The summed E-state index contributed by atoms with van der Waals surface area (Å²) in [7, 11) is 1.80. The van der Waals surface area contributed by atoms with Gasteiger partial charge < -0.3 is 9.84 Å². The van der Waals surface area contributed by atoms with Crippen molar-refractivity contribution in [2.45, 2.75) is 31.9 Å². The molecule has 1 unspecified atom stereocenters. The summed E-state index contributed by atoms with van der Waals surface area (Å²) in [6.45, 7) is 4.39. The highest BCUT2D eigenvalue weighted by Gasteiger charge is 2.23. The van der Waals surface area contributed by atoms with Crippen LogP contribution < -0.4 is 0 Å². The topological polar surface area (TPSA) is 32.7 Å². The van der Waals surface area contributed by atoms with E-state index in [0.717, 1.165) is 25.9 Å². The standard InChI is InChI=1S/C14H21NO2/c1-11(12-3-5-13(16)6-4-12)15-9-7-14(17-2)8-10-15/h3-6,11,14,16H,7-10H2,1-2H3. The average molecular weight is 235 g/mol. The Labute approximate surface area is 103 Å². The lowest BCUT2D eigenvalue weighted by atomic mass is 10.0. The number of phenols is 1. The molecule has 3 nitrogen and oxygen atoms in total. The second-order valence-electron chi connectivity index (χ2n) is 4.74. The van der Waals surface area contributed by atoms with Crippen molar-refractivity contribution in [2.24, 2.45) is 0 Å². The van der Waals surface area contributed by atoms with Crippen LogP contribution in [0, 0.1) is 0 Å². The Balaban J connectivity index is 1.96. The monoisotopic (exact) mass is 235 g/mol. The SMILES string of the molecule is COC1CCN(C(C)c2ccc(O)cc2)CC1. The zero-order chi connectivity index (χ0) is 12.3. The molecule has 1 aromatic carbocycles. The number of likely N-dealkylation sites (tertiary alicyclic amines) is 1. The Bertz CT molecular complexity index is 342. The molecule has 0 aliphatic carbocycles. The number of hydrogen-bond acceptors (Lipinski definition) is 3. The number of nitrogens with zero attached hydrogens (tertiary/aromatic N) is 1. The maximum Gasteiger partial charge on any atom is 0.115 e. The molecule has 1 atom stereocenters. The van der Waals surface area contributed by atoms with Gasteiger partial charge in [-0.25, -0.2) is 0 Å². The highest BCUT2D eigenvalue weighted by atomic mass is 16.5. The normalized spacial score (nSPS) is 20.4. The molecule has 3 heteroatoms. The first-order chi connectivity index (χ1) is 8.20. The lowest BCUT2D eigenvalue weighted by molar-refractivity contribution is 0.0295. The summed E-state index contributed by atoms with van der Waals surface area (Å²) in [5, 5.41) is 9.29. The molecule has 0 spiro atoms. The van der Waals surface area contributed by atoms with E-state index in [9.17, 15) is 5.11 Å². The molecule has 0 radical (unpaired) electrons. The lowest BCUT2D eigenvalue weighted by Crippen LogP contribution is -2.38. The molecule has 0 amide bonds. The largest absolute Gasteiger partial charge is 0.508 e. The van der Waals surface area contributed by atoms with Crippen LogP contribution >= 0.6 is 0 Å². The molecule has 2 rings (SSSR count). The Morgan fingerprint density at radius 1 is 1.24 bits per heavy atom. The predicted octanol–water partition coefficient (Wildman–Crippen LogP) is 2.56. The van der Waals surface area contributed by atoms with Crippen LogP contribution in [0.25, 0.3) is 0 Å². The van der Waals surface area contributed by atoms with Crippen LogP contribution in [0.1, 0.15) is 31.4 Å². The highest BCUT2D eigenvalue weighted by molar-refractivity contribution is 5.27. The van der Waals surface area contributed by atoms with Crippen molar-refractivity contribution in [1.82, 2.24) is 4.90 Å². The first-order valence-corrected chi connectivity index (χ1v) is 6.26. The minimum atomic E-state index is 0.332. The van der Waals surface area contributed by atoms with Gasteiger partial charge in [0, 0.05) is 26.2 Å². The van der Waals surface area contributed by atoms with Crippen molar-refractivity contribution in [3.63, 3.8) is 0 Å². The van der Waals surface area contributed by atoms with Gasteiger partial charge in [-0.3, -0.25) is 4.90 Å².